The molecule has 0 fully saturated rings. The Balaban J connectivity index is 1.65. The van der Waals surface area contributed by atoms with Crippen LogP contribution in [0.15, 0.2) is 45.5 Å². The van der Waals surface area contributed by atoms with Crippen LogP contribution in [-0.4, -0.2) is 24.2 Å². The fourth-order valence-corrected chi connectivity index (χ4v) is 2.62. The largest absolute Gasteiger partial charge is 0.492 e. The maximum Gasteiger partial charge on any atom is 0.320 e. The van der Waals surface area contributed by atoms with Gasteiger partial charge >= 0.3 is 6.03 Å². The van der Waals surface area contributed by atoms with Gasteiger partial charge in [0.25, 0.3) is 0 Å². The molecule has 0 aliphatic heterocycles. The van der Waals surface area contributed by atoms with E-state index in [0.29, 0.717) is 36.2 Å². The number of aromatic nitrogens is 1. The molecular weight excluding hydrogens is 449 g/mol. The zero-order valence-electron chi connectivity index (χ0n) is 12.0. The highest BCUT2D eigenvalue weighted by molar-refractivity contribution is 9.10. The second-order valence-electron chi connectivity index (χ2n) is 4.52. The number of nitrogens with one attached hydrogen (secondary N) is 2. The lowest BCUT2D eigenvalue weighted by molar-refractivity contribution is 0.250. The second-order valence-corrected chi connectivity index (χ2v) is 6.76. The Labute approximate surface area is 156 Å². The van der Waals surface area contributed by atoms with Gasteiger partial charge in [-0.1, -0.05) is 27.5 Å². The fraction of sp³-hybridized carbons (Fsp3) is 0.200. The van der Waals surface area contributed by atoms with Gasteiger partial charge in [-0.25, -0.2) is 9.78 Å². The highest BCUT2D eigenvalue weighted by Crippen LogP contribution is 2.27. The van der Waals surface area contributed by atoms with Crippen LogP contribution in [0.3, 0.4) is 0 Å². The number of amides is 2. The Kier molecular flexibility index (Phi) is 7.14. The van der Waals surface area contributed by atoms with Crippen LogP contribution in [0.5, 0.6) is 5.75 Å². The van der Waals surface area contributed by atoms with Crippen LogP contribution in [0.4, 0.5) is 10.6 Å². The van der Waals surface area contributed by atoms with Crippen LogP contribution < -0.4 is 15.4 Å². The number of pyridine rings is 1. The summed E-state index contributed by atoms with van der Waals surface area (Å²) in [6, 6.07) is 8.64. The molecule has 0 aliphatic rings. The minimum Gasteiger partial charge on any atom is -0.492 e. The van der Waals surface area contributed by atoms with Crippen LogP contribution in [0, 0.1) is 0 Å². The summed E-state index contributed by atoms with van der Waals surface area (Å²) in [6.07, 6.45) is 2.28. The first-order chi connectivity index (χ1) is 11.0. The molecule has 2 aromatic rings. The molecule has 2 amide bonds. The number of benzene rings is 1. The lowest BCUT2D eigenvalue weighted by atomic mass is 10.3. The third kappa shape index (κ3) is 6.37. The molecule has 0 atom stereocenters. The van der Waals surface area contributed by atoms with Gasteiger partial charge in [-0.2, -0.15) is 0 Å². The van der Waals surface area contributed by atoms with Crippen molar-refractivity contribution in [3.63, 3.8) is 0 Å². The second kappa shape index (κ2) is 9.10. The summed E-state index contributed by atoms with van der Waals surface area (Å²) in [6.45, 7) is 0.939. The molecule has 23 heavy (non-hydrogen) atoms. The molecule has 2 rings (SSSR count). The van der Waals surface area contributed by atoms with E-state index in [1.54, 1.807) is 30.5 Å². The highest BCUT2D eigenvalue weighted by atomic mass is 79.9. The van der Waals surface area contributed by atoms with E-state index in [4.69, 9.17) is 16.3 Å². The van der Waals surface area contributed by atoms with Crippen molar-refractivity contribution in [3.05, 3.63) is 50.5 Å². The van der Waals surface area contributed by atoms with Crippen LogP contribution in [0.2, 0.25) is 5.02 Å². The van der Waals surface area contributed by atoms with E-state index in [0.717, 1.165) is 8.95 Å². The number of anilines is 1. The number of carbonyl (C=O) groups excluding carboxylic acids is 1. The van der Waals surface area contributed by atoms with Crippen molar-refractivity contribution in [2.45, 2.75) is 6.42 Å². The van der Waals surface area contributed by atoms with Gasteiger partial charge in [0, 0.05) is 21.7 Å². The standard InChI is InChI=1S/C15H14Br2ClN3O2/c16-10-2-4-13(12(18)8-10)23-7-1-6-19-15(22)21-14-5-3-11(17)9-20-14/h2-5,8-9H,1,6-7H2,(H2,19,20,21,22). The van der Waals surface area contributed by atoms with Crippen molar-refractivity contribution >= 4 is 55.3 Å². The predicted molar refractivity (Wildman–Crippen MR) is 98.2 cm³/mol. The van der Waals surface area contributed by atoms with Gasteiger partial charge in [-0.15, -0.1) is 0 Å². The normalized spacial score (nSPS) is 10.2. The Morgan fingerprint density at radius 1 is 1.22 bits per heavy atom. The maximum atomic E-state index is 11.7. The van der Waals surface area contributed by atoms with Crippen molar-refractivity contribution < 1.29 is 9.53 Å². The van der Waals surface area contributed by atoms with Gasteiger partial charge in [0.2, 0.25) is 0 Å². The first-order valence-electron chi connectivity index (χ1n) is 6.79. The molecule has 0 aliphatic carbocycles. The summed E-state index contributed by atoms with van der Waals surface area (Å²) in [5.74, 6) is 1.11. The molecule has 0 bridgehead atoms. The Morgan fingerprint density at radius 3 is 2.70 bits per heavy atom. The summed E-state index contributed by atoms with van der Waals surface area (Å²) in [5, 5.41) is 5.93. The molecule has 2 N–H and O–H groups in total. The minimum atomic E-state index is -0.304. The molecular formula is C15H14Br2ClN3O2. The number of hydrogen-bond donors (Lipinski definition) is 2. The summed E-state index contributed by atoms with van der Waals surface area (Å²) >= 11 is 12.7. The average molecular weight is 464 g/mol. The summed E-state index contributed by atoms with van der Waals surface area (Å²) < 4.78 is 7.31. The molecule has 5 nitrogen and oxygen atoms in total. The van der Waals surface area contributed by atoms with Crippen LogP contribution >= 0.6 is 43.5 Å². The van der Waals surface area contributed by atoms with Crippen molar-refractivity contribution in [1.29, 1.82) is 0 Å². The minimum absolute atomic E-state index is 0.304. The quantitative estimate of drug-likeness (QED) is 0.602. The number of hydrogen-bond acceptors (Lipinski definition) is 3. The summed E-state index contributed by atoms with van der Waals surface area (Å²) in [7, 11) is 0. The number of urea groups is 1. The predicted octanol–water partition coefficient (Wildman–Crippen LogP) is 4.85. The van der Waals surface area contributed by atoms with E-state index in [2.05, 4.69) is 47.5 Å². The maximum absolute atomic E-state index is 11.7. The monoisotopic (exact) mass is 461 g/mol. The molecule has 8 heteroatoms. The lowest BCUT2D eigenvalue weighted by Crippen LogP contribution is -2.30. The topological polar surface area (TPSA) is 63.2 Å². The smallest absolute Gasteiger partial charge is 0.320 e. The van der Waals surface area contributed by atoms with Crippen LogP contribution in [0.1, 0.15) is 6.42 Å². The number of nitrogens with zero attached hydrogens (tertiary/aromatic N) is 1. The molecule has 0 radical (unpaired) electrons. The van der Waals surface area contributed by atoms with E-state index < -0.39 is 0 Å². The molecule has 122 valence electrons. The SMILES string of the molecule is O=C(NCCCOc1ccc(Br)cc1Cl)Nc1ccc(Br)cn1. The molecule has 1 aromatic carbocycles. The molecule has 0 unspecified atom stereocenters. The highest BCUT2D eigenvalue weighted by Gasteiger charge is 2.04. The zero-order valence-corrected chi connectivity index (χ0v) is 15.9. The van der Waals surface area contributed by atoms with E-state index in [-0.39, 0.29) is 6.03 Å². The zero-order chi connectivity index (χ0) is 16.7. The molecule has 0 spiro atoms. The molecule has 0 saturated carbocycles. The van der Waals surface area contributed by atoms with E-state index in [9.17, 15) is 4.79 Å². The first-order valence-corrected chi connectivity index (χ1v) is 8.75. The number of carbonyl (C=O) groups is 1. The van der Waals surface area contributed by atoms with Crippen molar-refractivity contribution in [2.75, 3.05) is 18.5 Å². The number of halogens is 3. The van der Waals surface area contributed by atoms with Crippen molar-refractivity contribution in [3.8, 4) is 5.75 Å². The Morgan fingerprint density at radius 2 is 2.00 bits per heavy atom. The first kappa shape index (κ1) is 18.0. The fourth-order valence-electron chi connectivity index (χ4n) is 1.66. The third-order valence-electron chi connectivity index (χ3n) is 2.73. The Hall–Kier alpha value is -1.31. The third-order valence-corrected chi connectivity index (χ3v) is 3.98. The van der Waals surface area contributed by atoms with Crippen molar-refractivity contribution in [2.24, 2.45) is 0 Å². The van der Waals surface area contributed by atoms with Crippen LogP contribution in [0.25, 0.3) is 0 Å². The van der Waals surface area contributed by atoms with Gasteiger partial charge in [0.15, 0.2) is 0 Å². The average Bonchev–Trinajstić information content (AvgIpc) is 2.51. The van der Waals surface area contributed by atoms with Gasteiger partial charge in [-0.3, -0.25) is 5.32 Å². The van der Waals surface area contributed by atoms with Gasteiger partial charge in [-0.05, 0) is 52.7 Å². The summed E-state index contributed by atoms with van der Waals surface area (Å²) in [4.78, 5) is 15.7. The number of ether oxygens (including phenoxy) is 1. The lowest BCUT2D eigenvalue weighted by Gasteiger charge is -2.09. The Bertz CT molecular complexity index is 668. The van der Waals surface area contributed by atoms with Gasteiger partial charge in [0.1, 0.15) is 11.6 Å². The van der Waals surface area contributed by atoms with Crippen LogP contribution in [-0.2, 0) is 0 Å². The van der Waals surface area contributed by atoms with Gasteiger partial charge < -0.3 is 10.1 Å². The molecule has 0 saturated heterocycles. The van der Waals surface area contributed by atoms with E-state index in [1.807, 2.05) is 6.07 Å². The van der Waals surface area contributed by atoms with Crippen molar-refractivity contribution in [1.82, 2.24) is 10.3 Å². The van der Waals surface area contributed by atoms with E-state index in [1.165, 1.54) is 0 Å². The molecule has 1 heterocycles. The molecule has 1 aromatic heterocycles. The van der Waals surface area contributed by atoms with E-state index >= 15 is 0 Å². The summed E-state index contributed by atoms with van der Waals surface area (Å²) in [5.41, 5.74) is 0. The van der Waals surface area contributed by atoms with Gasteiger partial charge in [0.05, 0.1) is 11.6 Å². The number of rotatable bonds is 6.